The number of phenols is 1. The molecule has 1 unspecified atom stereocenters. The number of anilines is 1. The number of benzene rings is 2. The molecule has 3 heteroatoms. The van der Waals surface area contributed by atoms with Crippen LogP contribution in [-0.4, -0.2) is 11.7 Å². The van der Waals surface area contributed by atoms with Crippen LogP contribution in [-0.2, 0) is 4.74 Å². The number of hydrogen-bond donors (Lipinski definition) is 2. The number of nitrogens with one attached hydrogen (secondary N) is 1. The van der Waals surface area contributed by atoms with E-state index in [2.05, 4.69) is 43.4 Å². The van der Waals surface area contributed by atoms with E-state index in [0.29, 0.717) is 17.6 Å². The molecule has 4 rings (SSSR count). The van der Waals surface area contributed by atoms with Gasteiger partial charge in [0, 0.05) is 23.8 Å². The number of para-hydroxylation sites is 1. The first-order valence-electron chi connectivity index (χ1n) is 9.49. The van der Waals surface area contributed by atoms with E-state index in [4.69, 9.17) is 4.74 Å². The predicted molar refractivity (Wildman–Crippen MR) is 101 cm³/mol. The highest BCUT2D eigenvalue weighted by Crippen LogP contribution is 2.51. The number of phenolic OH excluding ortho intramolecular Hbond substituents is 1. The Bertz CT molecular complexity index is 757. The summed E-state index contributed by atoms with van der Waals surface area (Å²) in [4.78, 5) is 0. The number of aromatic hydroxyl groups is 1. The fraction of sp³-hybridized carbons (Fsp3) is 0.455. The zero-order valence-electron chi connectivity index (χ0n) is 15.0. The zero-order valence-corrected chi connectivity index (χ0v) is 15.0. The van der Waals surface area contributed by atoms with Crippen molar-refractivity contribution in [1.82, 2.24) is 0 Å². The summed E-state index contributed by atoms with van der Waals surface area (Å²) in [6.07, 6.45) is 3.49. The van der Waals surface area contributed by atoms with Gasteiger partial charge in [-0.3, -0.25) is 0 Å². The molecule has 1 fully saturated rings. The minimum Gasteiger partial charge on any atom is -0.508 e. The Labute approximate surface area is 150 Å². The maximum absolute atomic E-state index is 9.96. The lowest BCUT2D eigenvalue weighted by Crippen LogP contribution is -2.36. The topological polar surface area (TPSA) is 41.5 Å². The lowest BCUT2D eigenvalue weighted by atomic mass is 9.76. The molecule has 0 radical (unpaired) electrons. The quantitative estimate of drug-likeness (QED) is 0.772. The summed E-state index contributed by atoms with van der Waals surface area (Å²) in [7, 11) is 0. The van der Waals surface area contributed by atoms with Gasteiger partial charge in [-0.05, 0) is 48.4 Å². The van der Waals surface area contributed by atoms with Crippen LogP contribution in [0.15, 0.2) is 42.5 Å². The van der Waals surface area contributed by atoms with E-state index in [-0.39, 0.29) is 12.1 Å². The Kier molecular flexibility index (Phi) is 4.43. The molecule has 0 aliphatic carbocycles. The molecular weight excluding hydrogens is 310 g/mol. The van der Waals surface area contributed by atoms with Crippen molar-refractivity contribution in [2.45, 2.75) is 51.2 Å². The Morgan fingerprint density at radius 1 is 1.24 bits per heavy atom. The van der Waals surface area contributed by atoms with E-state index in [1.807, 2.05) is 12.1 Å². The number of hydrogen-bond acceptors (Lipinski definition) is 3. The fourth-order valence-electron chi connectivity index (χ4n) is 4.40. The average molecular weight is 337 g/mol. The Hall–Kier alpha value is -2.00. The van der Waals surface area contributed by atoms with E-state index in [1.165, 1.54) is 16.8 Å². The van der Waals surface area contributed by atoms with Gasteiger partial charge in [0.05, 0.1) is 12.1 Å². The van der Waals surface area contributed by atoms with Crippen molar-refractivity contribution >= 4 is 5.69 Å². The van der Waals surface area contributed by atoms with Gasteiger partial charge in [-0.15, -0.1) is 0 Å². The van der Waals surface area contributed by atoms with Gasteiger partial charge in [-0.2, -0.15) is 0 Å². The monoisotopic (exact) mass is 337 g/mol. The average Bonchev–Trinajstić information content (AvgIpc) is 2.66. The molecule has 0 bridgehead atoms. The molecule has 0 aromatic heterocycles. The smallest absolute Gasteiger partial charge is 0.115 e. The molecule has 3 nitrogen and oxygen atoms in total. The molecule has 4 atom stereocenters. The minimum absolute atomic E-state index is 0.140. The first-order valence-corrected chi connectivity index (χ1v) is 9.49. The first-order chi connectivity index (χ1) is 12.2. The molecule has 25 heavy (non-hydrogen) atoms. The summed E-state index contributed by atoms with van der Waals surface area (Å²) in [6.45, 7) is 5.36. The third-order valence-corrected chi connectivity index (χ3v) is 5.90. The van der Waals surface area contributed by atoms with Crippen molar-refractivity contribution in [1.29, 1.82) is 0 Å². The summed E-state index contributed by atoms with van der Waals surface area (Å²) in [5.41, 5.74) is 5.06. The Morgan fingerprint density at radius 3 is 2.88 bits per heavy atom. The lowest BCUT2D eigenvalue weighted by Gasteiger charge is -2.44. The van der Waals surface area contributed by atoms with Crippen LogP contribution in [0.2, 0.25) is 0 Å². The summed E-state index contributed by atoms with van der Waals surface area (Å²) in [5, 5.41) is 13.8. The van der Waals surface area contributed by atoms with Crippen molar-refractivity contribution in [2.75, 3.05) is 11.9 Å². The molecule has 0 spiro atoms. The van der Waals surface area contributed by atoms with Crippen LogP contribution in [0.3, 0.4) is 0 Å². The van der Waals surface area contributed by atoms with Crippen LogP contribution < -0.4 is 5.32 Å². The van der Waals surface area contributed by atoms with E-state index >= 15 is 0 Å². The SMILES string of the molecule is CCC(C)c1cccc2c1N[C@@H](c1cccc(O)c1)[C@@H]1CCCO[C@H]21. The predicted octanol–water partition coefficient (Wildman–Crippen LogP) is 5.54. The van der Waals surface area contributed by atoms with Gasteiger partial charge >= 0.3 is 0 Å². The van der Waals surface area contributed by atoms with Crippen LogP contribution in [0, 0.1) is 5.92 Å². The van der Waals surface area contributed by atoms with Crippen molar-refractivity contribution < 1.29 is 9.84 Å². The minimum atomic E-state index is 0.140. The van der Waals surface area contributed by atoms with Gasteiger partial charge in [0.2, 0.25) is 0 Å². The van der Waals surface area contributed by atoms with Gasteiger partial charge < -0.3 is 15.2 Å². The fourth-order valence-corrected chi connectivity index (χ4v) is 4.40. The zero-order chi connectivity index (χ0) is 17.4. The van der Waals surface area contributed by atoms with Crippen LogP contribution >= 0.6 is 0 Å². The summed E-state index contributed by atoms with van der Waals surface area (Å²) in [6, 6.07) is 14.5. The standard InChI is InChI=1S/C22H27NO2/c1-3-14(2)17-9-5-10-19-21(17)23-20(15-7-4-8-16(24)13-15)18-11-6-12-25-22(18)19/h4-5,7-10,13-14,18,20,22-24H,3,6,11-12H2,1-2H3/t14?,18-,20-,22-/m0/s1. The van der Waals surface area contributed by atoms with Gasteiger partial charge in [0.1, 0.15) is 5.75 Å². The summed E-state index contributed by atoms with van der Waals surface area (Å²) >= 11 is 0. The molecule has 2 aromatic rings. The molecule has 1 saturated heterocycles. The molecule has 0 saturated carbocycles. The van der Waals surface area contributed by atoms with Crippen LogP contribution in [0.4, 0.5) is 5.69 Å². The van der Waals surface area contributed by atoms with E-state index in [0.717, 1.165) is 31.4 Å². The van der Waals surface area contributed by atoms with E-state index < -0.39 is 0 Å². The normalized spacial score (nSPS) is 26.2. The largest absolute Gasteiger partial charge is 0.508 e. The summed E-state index contributed by atoms with van der Waals surface area (Å²) < 4.78 is 6.26. The maximum atomic E-state index is 9.96. The third kappa shape index (κ3) is 2.91. The highest BCUT2D eigenvalue weighted by atomic mass is 16.5. The second-order valence-electron chi connectivity index (χ2n) is 7.44. The van der Waals surface area contributed by atoms with E-state index in [1.54, 1.807) is 6.07 Å². The molecule has 2 aliphatic rings. The number of ether oxygens (including phenoxy) is 1. The van der Waals surface area contributed by atoms with Crippen LogP contribution in [0.1, 0.15) is 67.9 Å². The van der Waals surface area contributed by atoms with Gasteiger partial charge in [0.15, 0.2) is 0 Å². The highest BCUT2D eigenvalue weighted by molar-refractivity contribution is 5.63. The number of fused-ring (bicyclic) bond motifs is 3. The lowest BCUT2D eigenvalue weighted by molar-refractivity contribution is -0.0382. The first kappa shape index (κ1) is 16.5. The molecule has 2 heterocycles. The molecule has 2 aliphatic heterocycles. The summed E-state index contributed by atoms with van der Waals surface area (Å²) in [5.74, 6) is 1.23. The highest BCUT2D eigenvalue weighted by Gasteiger charge is 2.40. The van der Waals surface area contributed by atoms with Crippen molar-refractivity contribution in [3.05, 3.63) is 59.2 Å². The van der Waals surface area contributed by atoms with Gasteiger partial charge in [0.25, 0.3) is 0 Å². The van der Waals surface area contributed by atoms with Crippen LogP contribution in [0.5, 0.6) is 5.75 Å². The molecule has 2 N–H and O–H groups in total. The number of rotatable bonds is 3. The third-order valence-electron chi connectivity index (χ3n) is 5.90. The second-order valence-corrected chi connectivity index (χ2v) is 7.44. The van der Waals surface area contributed by atoms with E-state index in [9.17, 15) is 5.11 Å². The van der Waals surface area contributed by atoms with Crippen molar-refractivity contribution in [2.24, 2.45) is 5.92 Å². The Morgan fingerprint density at radius 2 is 2.08 bits per heavy atom. The maximum Gasteiger partial charge on any atom is 0.115 e. The molecule has 2 aromatic carbocycles. The van der Waals surface area contributed by atoms with Gasteiger partial charge in [-0.1, -0.05) is 44.2 Å². The molecule has 132 valence electrons. The van der Waals surface area contributed by atoms with Crippen LogP contribution in [0.25, 0.3) is 0 Å². The van der Waals surface area contributed by atoms with Crippen molar-refractivity contribution in [3.8, 4) is 5.75 Å². The Balaban J connectivity index is 1.82. The molecule has 0 amide bonds. The molecular formula is C22H27NO2. The second kappa shape index (κ2) is 6.72. The van der Waals surface area contributed by atoms with Crippen molar-refractivity contribution in [3.63, 3.8) is 0 Å². The van der Waals surface area contributed by atoms with Gasteiger partial charge in [-0.25, -0.2) is 0 Å².